The van der Waals surface area contributed by atoms with Gasteiger partial charge in [0.25, 0.3) is 0 Å². The maximum atomic E-state index is 13.5. The summed E-state index contributed by atoms with van der Waals surface area (Å²) < 4.78 is 29.6. The molecule has 164 valence electrons. The number of esters is 1. The molecule has 0 saturated heterocycles. The summed E-state index contributed by atoms with van der Waals surface area (Å²) in [6.07, 6.45) is 1.62. The van der Waals surface area contributed by atoms with E-state index in [1.165, 1.54) is 21.3 Å². The van der Waals surface area contributed by atoms with Crippen molar-refractivity contribution in [3.05, 3.63) is 53.6 Å². The van der Waals surface area contributed by atoms with Gasteiger partial charge in [0.05, 0.1) is 37.1 Å². The van der Waals surface area contributed by atoms with Crippen LogP contribution in [0.25, 0.3) is 0 Å². The molecule has 0 saturated carbocycles. The molecule has 0 amide bonds. The molecule has 0 aliphatic rings. The Morgan fingerprint density at radius 1 is 0.933 bits per heavy atom. The van der Waals surface area contributed by atoms with E-state index in [1.807, 2.05) is 13.0 Å². The van der Waals surface area contributed by atoms with Crippen molar-refractivity contribution in [1.29, 1.82) is 0 Å². The van der Waals surface area contributed by atoms with Gasteiger partial charge in [-0.3, -0.25) is 9.59 Å². The molecule has 0 radical (unpaired) electrons. The Balaban J connectivity index is 0.00000218. The van der Waals surface area contributed by atoms with Crippen molar-refractivity contribution in [2.75, 3.05) is 27.9 Å². The Morgan fingerprint density at radius 3 is 1.97 bits per heavy atom. The summed E-state index contributed by atoms with van der Waals surface area (Å²) in [5.41, 5.74) is 0.723. The average molecular weight is 436 g/mol. The molecule has 2 rings (SSSR count). The number of hydrogen-bond donors (Lipinski definition) is 0. The van der Waals surface area contributed by atoms with Crippen LogP contribution in [-0.2, 0) is 14.1 Å². The largest absolute Gasteiger partial charge is 0.496 e. The van der Waals surface area contributed by atoms with E-state index in [0.717, 1.165) is 12.8 Å². The summed E-state index contributed by atoms with van der Waals surface area (Å²) >= 11 is 0. The van der Waals surface area contributed by atoms with Gasteiger partial charge in [0.2, 0.25) is 0 Å². The van der Waals surface area contributed by atoms with Crippen molar-refractivity contribution in [2.45, 2.75) is 25.7 Å². The molecule has 2 aromatic rings. The third kappa shape index (κ3) is 6.36. The summed E-state index contributed by atoms with van der Waals surface area (Å²) in [7, 11) is 5.01. The lowest BCUT2D eigenvalue weighted by Crippen LogP contribution is -2.25. The molecular formula is C22H29O7P. The summed E-state index contributed by atoms with van der Waals surface area (Å²) in [5, 5.41) is 0. The quantitative estimate of drug-likeness (QED) is 0.183. The number of carbonyl (C=O) groups excluding carboxylic acids is 2. The number of unbranched alkanes of at least 4 members (excludes halogenated alkanes) is 1. The van der Waals surface area contributed by atoms with E-state index in [0.29, 0.717) is 20.4 Å². The molecule has 2 atom stereocenters. The predicted molar refractivity (Wildman–Crippen MR) is 117 cm³/mol. The molecular weight excluding hydrogens is 407 g/mol. The smallest absolute Gasteiger partial charge is 0.321 e. The Kier molecular flexibility index (Phi) is 11.3. The molecule has 0 heterocycles. The summed E-state index contributed by atoms with van der Waals surface area (Å²) in [5.74, 6) is -1.15. The second kappa shape index (κ2) is 13.4. The van der Waals surface area contributed by atoms with Gasteiger partial charge in [-0.15, -0.1) is 0 Å². The van der Waals surface area contributed by atoms with E-state index in [-0.39, 0.29) is 23.7 Å². The van der Waals surface area contributed by atoms with Crippen LogP contribution < -0.4 is 14.2 Å². The van der Waals surface area contributed by atoms with Crippen LogP contribution in [0.15, 0.2) is 42.5 Å². The number of ether oxygens (including phenoxy) is 4. The predicted octanol–water partition coefficient (Wildman–Crippen LogP) is 3.96. The monoisotopic (exact) mass is 436 g/mol. The summed E-state index contributed by atoms with van der Waals surface area (Å²) in [6, 6.07) is 12.0. The summed E-state index contributed by atoms with van der Waals surface area (Å²) in [6.45, 7) is 2.27. The fraction of sp³-hybridized carbons (Fsp3) is 0.364. The molecule has 0 spiro atoms. The number of rotatable bonds is 10. The van der Waals surface area contributed by atoms with E-state index in [4.69, 9.17) is 23.5 Å². The molecule has 0 aliphatic heterocycles. The molecule has 0 aliphatic carbocycles. The average Bonchev–Trinajstić information content (AvgIpc) is 2.80. The minimum Gasteiger partial charge on any atom is -0.496 e. The van der Waals surface area contributed by atoms with Crippen LogP contribution in [0.4, 0.5) is 0 Å². The molecule has 0 N–H and O–H groups in total. The zero-order valence-corrected chi connectivity index (χ0v) is 19.2. The fourth-order valence-electron chi connectivity index (χ4n) is 2.83. The van der Waals surface area contributed by atoms with Crippen molar-refractivity contribution in [3.63, 3.8) is 0 Å². The van der Waals surface area contributed by atoms with Crippen LogP contribution in [0.1, 0.15) is 41.6 Å². The lowest BCUT2D eigenvalue weighted by molar-refractivity contribution is -0.144. The van der Waals surface area contributed by atoms with Crippen LogP contribution in [0.5, 0.6) is 17.2 Å². The van der Waals surface area contributed by atoms with Crippen molar-refractivity contribution in [1.82, 2.24) is 0 Å². The highest BCUT2D eigenvalue weighted by Gasteiger charge is 2.35. The maximum absolute atomic E-state index is 13.5. The molecule has 8 heteroatoms. The Morgan fingerprint density at radius 2 is 1.50 bits per heavy atom. The SMILES string of the molecule is CCCCOC(=O)C(C(=O)c1c(OC)cc(OC)cc1OC)c1ccccc1.O=[PH3]. The van der Waals surface area contributed by atoms with E-state index in [2.05, 4.69) is 0 Å². The van der Waals surface area contributed by atoms with Gasteiger partial charge in [-0.05, 0) is 12.0 Å². The second-order valence-corrected chi connectivity index (χ2v) is 6.14. The van der Waals surface area contributed by atoms with E-state index >= 15 is 0 Å². The third-order valence-corrected chi connectivity index (χ3v) is 4.33. The highest BCUT2D eigenvalue weighted by atomic mass is 31.0. The van der Waals surface area contributed by atoms with Gasteiger partial charge >= 0.3 is 5.97 Å². The number of Topliss-reactive ketones (excluding diaryl/α,β-unsaturated/α-hetero) is 1. The Labute approximate surface area is 178 Å². The first-order valence-corrected chi connectivity index (χ1v) is 9.99. The summed E-state index contributed by atoms with van der Waals surface area (Å²) in [4.78, 5) is 26.3. The van der Waals surface area contributed by atoms with Gasteiger partial charge < -0.3 is 23.5 Å². The fourth-order valence-corrected chi connectivity index (χ4v) is 2.83. The van der Waals surface area contributed by atoms with Gasteiger partial charge in [-0.1, -0.05) is 43.7 Å². The van der Waals surface area contributed by atoms with Crippen LogP contribution >= 0.6 is 9.12 Å². The van der Waals surface area contributed by atoms with E-state index in [1.54, 1.807) is 36.4 Å². The van der Waals surface area contributed by atoms with Crippen LogP contribution in [0.2, 0.25) is 0 Å². The Bertz CT molecular complexity index is 798. The van der Waals surface area contributed by atoms with Gasteiger partial charge in [-0.25, -0.2) is 0 Å². The zero-order valence-electron chi connectivity index (χ0n) is 17.8. The number of benzene rings is 2. The van der Waals surface area contributed by atoms with Crippen LogP contribution in [-0.4, -0.2) is 39.7 Å². The molecule has 0 bridgehead atoms. The van der Waals surface area contributed by atoms with Crippen molar-refractivity contribution >= 4 is 20.9 Å². The number of carbonyl (C=O) groups is 2. The normalized spacial score (nSPS) is 10.9. The molecule has 30 heavy (non-hydrogen) atoms. The highest BCUT2D eigenvalue weighted by molar-refractivity contribution is 7.00. The number of methoxy groups -OCH3 is 3. The first kappa shape index (κ1) is 25.2. The number of ketones is 1. The minimum atomic E-state index is -1.12. The highest BCUT2D eigenvalue weighted by Crippen LogP contribution is 2.37. The molecule has 2 unspecified atom stereocenters. The van der Waals surface area contributed by atoms with Crippen LogP contribution in [0, 0.1) is 0 Å². The van der Waals surface area contributed by atoms with Crippen molar-refractivity contribution < 1.29 is 33.1 Å². The van der Waals surface area contributed by atoms with Gasteiger partial charge in [0.15, 0.2) is 5.78 Å². The van der Waals surface area contributed by atoms with E-state index in [9.17, 15) is 9.59 Å². The lowest BCUT2D eigenvalue weighted by Gasteiger charge is -2.19. The van der Waals surface area contributed by atoms with Gasteiger partial charge in [0, 0.05) is 12.1 Å². The first-order valence-electron chi connectivity index (χ1n) is 9.42. The molecule has 7 nitrogen and oxygen atoms in total. The van der Waals surface area contributed by atoms with Crippen molar-refractivity contribution in [3.8, 4) is 17.2 Å². The van der Waals surface area contributed by atoms with Crippen molar-refractivity contribution in [2.24, 2.45) is 0 Å². The topological polar surface area (TPSA) is 88.1 Å². The Hall–Kier alpha value is -2.79. The zero-order chi connectivity index (χ0) is 22.5. The van der Waals surface area contributed by atoms with E-state index < -0.39 is 17.7 Å². The molecule has 0 aromatic heterocycles. The maximum Gasteiger partial charge on any atom is 0.321 e. The van der Waals surface area contributed by atoms with Gasteiger partial charge in [-0.2, -0.15) is 0 Å². The van der Waals surface area contributed by atoms with Gasteiger partial charge in [0.1, 0.15) is 28.7 Å². The standard InChI is InChI=1S/C22H26O6.H3OP/c1-5-6-12-28-22(24)19(15-10-8-7-9-11-15)21(23)20-17(26-3)13-16(25-2)14-18(20)27-4;1-2/h7-11,13-14,19H,5-6,12H2,1-4H3;2H3. The lowest BCUT2D eigenvalue weighted by atomic mass is 9.89. The minimum absolute atomic E-state index is 0.173. The third-order valence-electron chi connectivity index (χ3n) is 4.33. The number of hydrogen-bond acceptors (Lipinski definition) is 7. The molecule has 0 fully saturated rings. The first-order chi connectivity index (χ1) is 14.6. The molecule has 2 aromatic carbocycles. The van der Waals surface area contributed by atoms with Crippen LogP contribution in [0.3, 0.4) is 0 Å². The second-order valence-electron chi connectivity index (χ2n) is 6.14.